The number of aliphatic imine (C=N–C) groups is 1. The molecule has 0 spiro atoms. The topological polar surface area (TPSA) is 111 Å². The second-order valence-corrected chi connectivity index (χ2v) is 7.43. The second-order valence-electron chi connectivity index (χ2n) is 7.43. The van der Waals surface area contributed by atoms with Crippen molar-refractivity contribution >= 4 is 23.8 Å². The third-order valence-corrected chi connectivity index (χ3v) is 3.90. The largest absolute Gasteiger partial charge is 0.595 e. The van der Waals surface area contributed by atoms with E-state index in [0.29, 0.717) is 6.54 Å². The Kier molecular flexibility index (Phi) is 8.97. The molecule has 27 heavy (non-hydrogen) atoms. The van der Waals surface area contributed by atoms with Crippen LogP contribution in [0, 0.1) is 0 Å². The molecular weight excluding hydrogens is 350 g/mol. The van der Waals surface area contributed by atoms with Crippen LogP contribution in [0.5, 0.6) is 0 Å². The van der Waals surface area contributed by atoms with Gasteiger partial charge in [0.15, 0.2) is 0 Å². The minimum Gasteiger partial charge on any atom is -0.595 e. The molecule has 1 atom stereocenters. The maximum Gasteiger partial charge on any atom is 0.253 e. The Morgan fingerprint density at radius 3 is 2.44 bits per heavy atom. The zero-order valence-corrected chi connectivity index (χ0v) is 16.6. The van der Waals surface area contributed by atoms with Gasteiger partial charge in [0.1, 0.15) is 6.08 Å². The standard InChI is InChI=1S/C19H31N3O5/c1-5-14(21-18(26)27-19(2,3)4)8-6-7-12-20-15(23)11-13-22-16(24)9-10-17(22)25/h9-10,14H,5-8,11-13H2,1-4H3,(H,20,23)(H,21,26)/p-1/t14-/m0/s1. The van der Waals surface area contributed by atoms with Gasteiger partial charge in [-0.3, -0.25) is 24.3 Å². The normalized spacial score (nSPS) is 16.0. The predicted molar refractivity (Wildman–Crippen MR) is 99.7 cm³/mol. The highest BCUT2D eigenvalue weighted by atomic mass is 16.6. The Labute approximate surface area is 160 Å². The molecule has 0 saturated heterocycles. The monoisotopic (exact) mass is 380 g/mol. The van der Waals surface area contributed by atoms with Crippen LogP contribution >= 0.6 is 0 Å². The molecule has 8 nitrogen and oxygen atoms in total. The number of nitrogens with one attached hydrogen (secondary N) is 1. The highest BCUT2D eigenvalue weighted by molar-refractivity contribution is 6.13. The van der Waals surface area contributed by atoms with Crippen LogP contribution in [0.2, 0.25) is 0 Å². The van der Waals surface area contributed by atoms with Crippen LogP contribution in [0.4, 0.5) is 0 Å². The van der Waals surface area contributed by atoms with E-state index in [4.69, 9.17) is 4.74 Å². The number of hydrogen-bond acceptors (Lipinski definition) is 6. The Morgan fingerprint density at radius 1 is 1.26 bits per heavy atom. The number of unbranched alkanes of at least 4 members (excludes halogenated alkanes) is 1. The molecule has 152 valence electrons. The zero-order valence-electron chi connectivity index (χ0n) is 16.6. The van der Waals surface area contributed by atoms with Gasteiger partial charge in [-0.15, -0.1) is 0 Å². The lowest BCUT2D eigenvalue weighted by Crippen LogP contribution is -2.35. The van der Waals surface area contributed by atoms with E-state index in [1.54, 1.807) is 20.8 Å². The number of hydrogen-bond donors (Lipinski definition) is 1. The Balaban J connectivity index is 2.19. The first-order chi connectivity index (χ1) is 12.6. The van der Waals surface area contributed by atoms with Gasteiger partial charge >= 0.3 is 0 Å². The van der Waals surface area contributed by atoms with E-state index in [2.05, 4.69) is 10.3 Å². The Bertz CT molecular complexity index is 575. The lowest BCUT2D eigenvalue weighted by atomic mass is 10.1. The first-order valence-corrected chi connectivity index (χ1v) is 9.36. The molecule has 0 fully saturated rings. The van der Waals surface area contributed by atoms with Gasteiger partial charge in [-0.2, -0.15) is 0 Å². The highest BCUT2D eigenvalue weighted by Gasteiger charge is 2.23. The smallest absolute Gasteiger partial charge is 0.253 e. The molecule has 0 radical (unpaired) electrons. The van der Waals surface area contributed by atoms with Crippen molar-refractivity contribution in [3.05, 3.63) is 12.2 Å². The molecule has 0 aliphatic carbocycles. The fourth-order valence-corrected chi connectivity index (χ4v) is 2.48. The molecular formula is C19H30N3O5-. The van der Waals surface area contributed by atoms with Crippen LogP contribution in [0.3, 0.4) is 0 Å². The lowest BCUT2D eigenvalue weighted by Gasteiger charge is -2.30. The first-order valence-electron chi connectivity index (χ1n) is 9.36. The van der Waals surface area contributed by atoms with Crippen molar-refractivity contribution in [2.24, 2.45) is 4.99 Å². The number of carbonyl (C=O) groups is 3. The van der Waals surface area contributed by atoms with Crippen molar-refractivity contribution in [1.29, 1.82) is 0 Å². The van der Waals surface area contributed by atoms with Crippen molar-refractivity contribution < 1.29 is 24.2 Å². The fraction of sp³-hybridized carbons (Fsp3) is 0.684. The summed E-state index contributed by atoms with van der Waals surface area (Å²) >= 11 is 0. The summed E-state index contributed by atoms with van der Waals surface area (Å²) in [6, 6.07) is -0.0877. The molecule has 1 rings (SSSR count). The van der Waals surface area contributed by atoms with Crippen LogP contribution in [0.1, 0.15) is 59.8 Å². The second kappa shape index (κ2) is 10.7. The van der Waals surface area contributed by atoms with E-state index < -0.39 is 11.7 Å². The summed E-state index contributed by atoms with van der Waals surface area (Å²) in [6.45, 7) is 7.96. The fourth-order valence-electron chi connectivity index (χ4n) is 2.48. The van der Waals surface area contributed by atoms with E-state index >= 15 is 0 Å². The molecule has 0 saturated carbocycles. The van der Waals surface area contributed by atoms with E-state index in [1.165, 1.54) is 12.2 Å². The van der Waals surface area contributed by atoms with Gasteiger partial charge in [-0.1, -0.05) is 27.7 Å². The minimum absolute atomic E-state index is 0.0865. The molecule has 1 aliphatic heterocycles. The number of rotatable bonds is 10. The number of carbonyl (C=O) groups excluding carboxylic acids is 3. The van der Waals surface area contributed by atoms with E-state index in [9.17, 15) is 19.5 Å². The molecule has 0 aromatic heterocycles. The van der Waals surface area contributed by atoms with Gasteiger partial charge in [-0.05, 0) is 25.7 Å². The Morgan fingerprint density at radius 2 is 1.89 bits per heavy atom. The van der Waals surface area contributed by atoms with Gasteiger partial charge in [0, 0.05) is 37.3 Å². The molecule has 3 amide bonds. The molecule has 1 N–H and O–H groups in total. The number of ether oxygens (including phenoxy) is 1. The predicted octanol–water partition coefficient (Wildman–Crippen LogP) is 0.898. The van der Waals surface area contributed by atoms with Crippen molar-refractivity contribution in [3.63, 3.8) is 0 Å². The van der Waals surface area contributed by atoms with Crippen LogP contribution in [0.25, 0.3) is 0 Å². The summed E-state index contributed by atoms with van der Waals surface area (Å²) < 4.78 is 5.19. The average molecular weight is 380 g/mol. The summed E-state index contributed by atoms with van der Waals surface area (Å²) in [6.07, 6.45) is 5.02. The van der Waals surface area contributed by atoms with E-state index in [0.717, 1.165) is 30.6 Å². The van der Waals surface area contributed by atoms with Crippen LogP contribution in [0.15, 0.2) is 17.1 Å². The third-order valence-electron chi connectivity index (χ3n) is 3.90. The van der Waals surface area contributed by atoms with Crippen LogP contribution in [-0.2, 0) is 19.1 Å². The molecule has 1 heterocycles. The third kappa shape index (κ3) is 9.21. The molecule has 8 heteroatoms. The van der Waals surface area contributed by atoms with Crippen LogP contribution < -0.4 is 10.4 Å². The molecule has 0 aromatic rings. The van der Waals surface area contributed by atoms with Crippen molar-refractivity contribution in [2.45, 2.75) is 71.4 Å². The molecule has 0 unspecified atom stereocenters. The van der Waals surface area contributed by atoms with Gasteiger partial charge in [0.2, 0.25) is 5.91 Å². The number of imide groups is 1. The first kappa shape index (κ1) is 22.7. The molecule has 1 aliphatic rings. The maximum atomic E-state index is 11.8. The quantitative estimate of drug-likeness (QED) is 0.262. The summed E-state index contributed by atoms with van der Waals surface area (Å²) in [5.41, 5.74) is -0.552. The molecule has 0 bridgehead atoms. The summed E-state index contributed by atoms with van der Waals surface area (Å²) in [4.78, 5) is 39.7. The summed E-state index contributed by atoms with van der Waals surface area (Å²) in [7, 11) is 0. The number of amides is 3. The average Bonchev–Trinajstić information content (AvgIpc) is 2.88. The zero-order chi connectivity index (χ0) is 20.4. The lowest BCUT2D eigenvalue weighted by molar-refractivity contribution is -0.261. The van der Waals surface area contributed by atoms with Crippen molar-refractivity contribution in [3.8, 4) is 0 Å². The summed E-state index contributed by atoms with van der Waals surface area (Å²) in [5, 5.41) is 14.5. The highest BCUT2D eigenvalue weighted by Crippen LogP contribution is 2.11. The maximum absolute atomic E-state index is 11.8. The minimum atomic E-state index is -0.552. The SMILES string of the molecule is CC[C@@H](CCCCNC(=O)CCN1C(=O)C=CC1=O)N=C([O-])OC(C)(C)C. The summed E-state index contributed by atoms with van der Waals surface area (Å²) in [5.74, 6) is -0.965. The van der Waals surface area contributed by atoms with Gasteiger partial charge in [0.25, 0.3) is 11.8 Å². The van der Waals surface area contributed by atoms with Crippen molar-refractivity contribution in [1.82, 2.24) is 10.2 Å². The molecule has 0 aromatic carbocycles. The van der Waals surface area contributed by atoms with E-state index in [-0.39, 0.29) is 36.7 Å². The van der Waals surface area contributed by atoms with Gasteiger partial charge in [-0.25, -0.2) is 0 Å². The Hall–Kier alpha value is -2.38. The van der Waals surface area contributed by atoms with Crippen molar-refractivity contribution in [2.75, 3.05) is 13.1 Å². The van der Waals surface area contributed by atoms with Gasteiger partial charge in [0.05, 0.1) is 6.04 Å². The van der Waals surface area contributed by atoms with E-state index in [1.807, 2.05) is 6.92 Å². The number of nitrogens with zero attached hydrogens (tertiary/aromatic N) is 2. The van der Waals surface area contributed by atoms with Crippen LogP contribution in [-0.4, -0.2) is 53.4 Å². The van der Waals surface area contributed by atoms with Gasteiger partial charge < -0.3 is 15.2 Å².